The second-order valence-electron chi connectivity index (χ2n) is 5.93. The fraction of sp³-hybridized carbons (Fsp3) is 0.688. The maximum Gasteiger partial charge on any atom is 0.309 e. The van der Waals surface area contributed by atoms with Gasteiger partial charge >= 0.3 is 5.97 Å². The fourth-order valence-electron chi connectivity index (χ4n) is 3.22. The summed E-state index contributed by atoms with van der Waals surface area (Å²) in [7, 11) is 0. The lowest BCUT2D eigenvalue weighted by Gasteiger charge is -2.36. The first-order valence-corrected chi connectivity index (χ1v) is 8.30. The smallest absolute Gasteiger partial charge is 0.309 e. The summed E-state index contributed by atoms with van der Waals surface area (Å²) in [6.45, 7) is 2.22. The van der Waals surface area contributed by atoms with Gasteiger partial charge in [-0.1, -0.05) is 32.3 Å². The van der Waals surface area contributed by atoms with Crippen molar-refractivity contribution >= 4 is 17.3 Å². The second-order valence-corrected chi connectivity index (χ2v) is 6.96. The Kier molecular flexibility index (Phi) is 5.03. The summed E-state index contributed by atoms with van der Waals surface area (Å²) in [4.78, 5) is 12.9. The van der Waals surface area contributed by atoms with Gasteiger partial charge in [0.1, 0.15) is 0 Å². The normalized spacial score (nSPS) is 27.3. The molecule has 1 aromatic rings. The quantitative estimate of drug-likeness (QED) is 0.817. The molecule has 1 heterocycles. The summed E-state index contributed by atoms with van der Waals surface area (Å²) in [5, 5.41) is 11.7. The average Bonchev–Trinajstić information content (AvgIpc) is 2.90. The molecule has 1 fully saturated rings. The lowest BCUT2D eigenvalue weighted by atomic mass is 9.67. The Hall–Kier alpha value is -0.830. The molecule has 1 N–H and O–H groups in total. The van der Waals surface area contributed by atoms with Gasteiger partial charge in [-0.25, -0.2) is 0 Å². The fourth-order valence-corrected chi connectivity index (χ4v) is 4.07. The highest BCUT2D eigenvalue weighted by atomic mass is 32.1. The Balaban J connectivity index is 1.97. The molecule has 2 rings (SSSR count). The summed E-state index contributed by atoms with van der Waals surface area (Å²) in [5.74, 6) is 0.172. The maximum atomic E-state index is 11.7. The summed E-state index contributed by atoms with van der Waals surface area (Å²) >= 11 is 1.68. The number of carboxylic acid groups (broad SMARTS) is 1. The number of hydrogen-bond donors (Lipinski definition) is 1. The molecule has 0 radical (unpaired) electrons. The van der Waals surface area contributed by atoms with E-state index in [1.165, 1.54) is 24.1 Å². The first-order chi connectivity index (χ1) is 9.16. The SMILES string of the molecule is CCCCC1CCC(Cc2cccs2)(C(=O)O)CC1. The molecule has 0 amide bonds. The Morgan fingerprint density at radius 3 is 2.74 bits per heavy atom. The molecule has 3 heteroatoms. The van der Waals surface area contributed by atoms with Crippen LogP contribution in [0.2, 0.25) is 0 Å². The predicted molar refractivity (Wildman–Crippen MR) is 79.6 cm³/mol. The Bertz CT molecular complexity index is 389. The third kappa shape index (κ3) is 3.59. The molecule has 106 valence electrons. The van der Waals surface area contributed by atoms with E-state index in [4.69, 9.17) is 0 Å². The van der Waals surface area contributed by atoms with Crippen LogP contribution in [0.15, 0.2) is 17.5 Å². The van der Waals surface area contributed by atoms with Crippen molar-refractivity contribution in [3.63, 3.8) is 0 Å². The lowest BCUT2D eigenvalue weighted by Crippen LogP contribution is -2.37. The van der Waals surface area contributed by atoms with Gasteiger partial charge in [0.15, 0.2) is 0 Å². The van der Waals surface area contributed by atoms with E-state index in [2.05, 4.69) is 13.0 Å². The molecule has 1 aliphatic rings. The van der Waals surface area contributed by atoms with Crippen molar-refractivity contribution in [3.05, 3.63) is 22.4 Å². The van der Waals surface area contributed by atoms with Gasteiger partial charge < -0.3 is 5.11 Å². The van der Waals surface area contributed by atoms with Crippen LogP contribution in [0.1, 0.15) is 56.7 Å². The molecular weight excluding hydrogens is 256 g/mol. The van der Waals surface area contributed by atoms with Crippen molar-refractivity contribution in [2.24, 2.45) is 11.3 Å². The van der Waals surface area contributed by atoms with Crippen LogP contribution in [0, 0.1) is 11.3 Å². The molecule has 0 atom stereocenters. The van der Waals surface area contributed by atoms with E-state index in [1.54, 1.807) is 11.3 Å². The molecule has 0 aliphatic heterocycles. The zero-order valence-corrected chi connectivity index (χ0v) is 12.5. The number of rotatable bonds is 6. The molecule has 0 bridgehead atoms. The van der Waals surface area contributed by atoms with Gasteiger partial charge in [0, 0.05) is 4.88 Å². The highest BCUT2D eigenvalue weighted by molar-refractivity contribution is 7.09. The van der Waals surface area contributed by atoms with Crippen molar-refractivity contribution < 1.29 is 9.90 Å². The van der Waals surface area contributed by atoms with Crippen LogP contribution in [0.3, 0.4) is 0 Å². The first-order valence-electron chi connectivity index (χ1n) is 7.42. The molecule has 0 aromatic carbocycles. The van der Waals surface area contributed by atoms with Gasteiger partial charge in [-0.15, -0.1) is 11.3 Å². The van der Waals surface area contributed by atoms with Crippen LogP contribution in [-0.4, -0.2) is 11.1 Å². The van der Waals surface area contributed by atoms with Crippen LogP contribution in [-0.2, 0) is 11.2 Å². The monoisotopic (exact) mass is 280 g/mol. The van der Waals surface area contributed by atoms with Crippen LogP contribution in [0.25, 0.3) is 0 Å². The zero-order chi connectivity index (χ0) is 13.7. The van der Waals surface area contributed by atoms with E-state index < -0.39 is 11.4 Å². The van der Waals surface area contributed by atoms with Gasteiger partial charge in [0.2, 0.25) is 0 Å². The van der Waals surface area contributed by atoms with E-state index in [1.807, 2.05) is 11.4 Å². The van der Waals surface area contributed by atoms with E-state index in [0.717, 1.165) is 38.0 Å². The Labute approximate surface area is 119 Å². The van der Waals surface area contributed by atoms with Gasteiger partial charge in [0.25, 0.3) is 0 Å². The molecule has 0 spiro atoms. The van der Waals surface area contributed by atoms with Crippen molar-refractivity contribution in [1.29, 1.82) is 0 Å². The van der Waals surface area contributed by atoms with E-state index in [9.17, 15) is 9.90 Å². The minimum atomic E-state index is -0.588. The number of carbonyl (C=O) groups is 1. The average molecular weight is 280 g/mol. The predicted octanol–water partition coefficient (Wildman–Crippen LogP) is 4.74. The summed E-state index contributed by atoms with van der Waals surface area (Å²) in [6.07, 6.45) is 8.44. The minimum absolute atomic E-state index is 0.492. The topological polar surface area (TPSA) is 37.3 Å². The van der Waals surface area contributed by atoms with Crippen molar-refractivity contribution in [2.45, 2.75) is 58.3 Å². The van der Waals surface area contributed by atoms with Crippen molar-refractivity contribution in [2.75, 3.05) is 0 Å². The highest BCUT2D eigenvalue weighted by Gasteiger charge is 2.41. The summed E-state index contributed by atoms with van der Waals surface area (Å²) in [6, 6.07) is 4.08. The zero-order valence-electron chi connectivity index (χ0n) is 11.7. The summed E-state index contributed by atoms with van der Waals surface area (Å²) in [5.41, 5.74) is -0.492. The molecule has 1 saturated carbocycles. The molecule has 19 heavy (non-hydrogen) atoms. The van der Waals surface area contributed by atoms with Gasteiger partial charge in [-0.3, -0.25) is 4.79 Å². The van der Waals surface area contributed by atoms with Gasteiger partial charge in [0.05, 0.1) is 5.41 Å². The number of thiophene rings is 1. The van der Waals surface area contributed by atoms with E-state index >= 15 is 0 Å². The number of carboxylic acids is 1. The molecular formula is C16H24O2S. The van der Waals surface area contributed by atoms with Crippen LogP contribution >= 0.6 is 11.3 Å². The van der Waals surface area contributed by atoms with E-state index in [-0.39, 0.29) is 0 Å². The van der Waals surface area contributed by atoms with Gasteiger partial charge in [-0.05, 0) is 49.5 Å². The number of unbranched alkanes of at least 4 members (excludes halogenated alkanes) is 1. The number of hydrogen-bond acceptors (Lipinski definition) is 2. The summed E-state index contributed by atoms with van der Waals surface area (Å²) < 4.78 is 0. The van der Waals surface area contributed by atoms with Crippen molar-refractivity contribution in [3.8, 4) is 0 Å². The van der Waals surface area contributed by atoms with E-state index in [0.29, 0.717) is 0 Å². The lowest BCUT2D eigenvalue weighted by molar-refractivity contribution is -0.151. The second kappa shape index (κ2) is 6.56. The maximum absolute atomic E-state index is 11.7. The van der Waals surface area contributed by atoms with Crippen molar-refractivity contribution in [1.82, 2.24) is 0 Å². The largest absolute Gasteiger partial charge is 0.481 e. The molecule has 0 saturated heterocycles. The standard InChI is InChI=1S/C16H24O2S/c1-2-3-5-13-7-9-16(10-8-13,15(17)18)12-14-6-4-11-19-14/h4,6,11,13H,2-3,5,7-10,12H2,1H3,(H,17,18). The Morgan fingerprint density at radius 2 is 2.21 bits per heavy atom. The third-order valence-electron chi connectivity index (χ3n) is 4.57. The molecule has 0 unspecified atom stereocenters. The Morgan fingerprint density at radius 1 is 1.47 bits per heavy atom. The number of aliphatic carboxylic acids is 1. The van der Waals surface area contributed by atoms with Crippen LogP contribution < -0.4 is 0 Å². The minimum Gasteiger partial charge on any atom is -0.481 e. The first kappa shape index (κ1) is 14.6. The molecule has 1 aromatic heterocycles. The highest BCUT2D eigenvalue weighted by Crippen LogP contribution is 2.43. The molecule has 1 aliphatic carbocycles. The van der Waals surface area contributed by atoms with Gasteiger partial charge in [-0.2, -0.15) is 0 Å². The van der Waals surface area contributed by atoms with Crippen LogP contribution in [0.5, 0.6) is 0 Å². The molecule has 2 nitrogen and oxygen atoms in total. The van der Waals surface area contributed by atoms with Crippen LogP contribution in [0.4, 0.5) is 0 Å². The third-order valence-corrected chi connectivity index (χ3v) is 5.45.